The van der Waals surface area contributed by atoms with Crippen molar-refractivity contribution in [3.63, 3.8) is 0 Å². The standard InChI is InChI=1S/C14H25N5/c1-3-12-13(15)14(17(2)16-12)19-9-5-8-18-7-4-6-11(18)10-19/h11H,3-10,15H2,1-2H3. The molecule has 0 aliphatic carbocycles. The fraction of sp³-hybridized carbons (Fsp3) is 0.786. The molecule has 2 aliphatic rings. The summed E-state index contributed by atoms with van der Waals surface area (Å²) in [6, 6.07) is 0.710. The second kappa shape index (κ2) is 5.04. The lowest BCUT2D eigenvalue weighted by molar-refractivity contribution is 0.273. The maximum Gasteiger partial charge on any atom is 0.150 e. The van der Waals surface area contributed by atoms with Crippen molar-refractivity contribution in [1.82, 2.24) is 14.7 Å². The van der Waals surface area contributed by atoms with E-state index in [0.29, 0.717) is 6.04 Å². The van der Waals surface area contributed by atoms with Gasteiger partial charge >= 0.3 is 0 Å². The first-order valence-electron chi connectivity index (χ1n) is 7.51. The zero-order chi connectivity index (χ0) is 13.4. The van der Waals surface area contributed by atoms with Crippen LogP contribution in [0.2, 0.25) is 0 Å². The number of nitrogen functional groups attached to an aromatic ring is 1. The summed E-state index contributed by atoms with van der Waals surface area (Å²) in [6.07, 6.45) is 4.81. The third kappa shape index (κ3) is 2.20. The summed E-state index contributed by atoms with van der Waals surface area (Å²) in [4.78, 5) is 5.10. The van der Waals surface area contributed by atoms with Crippen molar-refractivity contribution in [2.24, 2.45) is 7.05 Å². The van der Waals surface area contributed by atoms with Gasteiger partial charge in [-0.3, -0.25) is 9.58 Å². The summed E-state index contributed by atoms with van der Waals surface area (Å²) in [5.74, 6) is 1.13. The predicted molar refractivity (Wildman–Crippen MR) is 78.4 cm³/mol. The van der Waals surface area contributed by atoms with Crippen molar-refractivity contribution in [3.8, 4) is 0 Å². The monoisotopic (exact) mass is 263 g/mol. The fourth-order valence-corrected chi connectivity index (χ4v) is 3.62. The van der Waals surface area contributed by atoms with Gasteiger partial charge in [-0.15, -0.1) is 0 Å². The van der Waals surface area contributed by atoms with E-state index >= 15 is 0 Å². The van der Waals surface area contributed by atoms with Crippen LogP contribution in [0.15, 0.2) is 0 Å². The number of fused-ring (bicyclic) bond motifs is 1. The van der Waals surface area contributed by atoms with E-state index < -0.39 is 0 Å². The molecule has 19 heavy (non-hydrogen) atoms. The average molecular weight is 263 g/mol. The van der Waals surface area contributed by atoms with E-state index in [1.807, 2.05) is 11.7 Å². The molecule has 2 saturated heterocycles. The van der Waals surface area contributed by atoms with Crippen LogP contribution in [0.4, 0.5) is 11.5 Å². The highest BCUT2D eigenvalue weighted by atomic mass is 15.4. The molecule has 3 heterocycles. The smallest absolute Gasteiger partial charge is 0.150 e. The van der Waals surface area contributed by atoms with Crippen LogP contribution in [0.25, 0.3) is 0 Å². The molecular formula is C14H25N5. The summed E-state index contributed by atoms with van der Waals surface area (Å²) in [5.41, 5.74) is 8.21. The number of nitrogens with two attached hydrogens (primary N) is 1. The highest BCUT2D eigenvalue weighted by molar-refractivity contribution is 5.66. The van der Waals surface area contributed by atoms with Gasteiger partial charge in [0.15, 0.2) is 0 Å². The van der Waals surface area contributed by atoms with E-state index in [2.05, 4.69) is 21.8 Å². The van der Waals surface area contributed by atoms with E-state index in [1.54, 1.807) is 0 Å². The minimum Gasteiger partial charge on any atom is -0.394 e. The van der Waals surface area contributed by atoms with Crippen molar-refractivity contribution >= 4 is 11.5 Å². The second-order valence-electron chi connectivity index (χ2n) is 5.79. The minimum atomic E-state index is 0.710. The molecule has 106 valence electrons. The molecule has 1 aromatic rings. The van der Waals surface area contributed by atoms with Crippen LogP contribution >= 0.6 is 0 Å². The van der Waals surface area contributed by atoms with Gasteiger partial charge in [-0.1, -0.05) is 6.92 Å². The molecule has 0 aromatic carbocycles. The quantitative estimate of drug-likeness (QED) is 0.872. The highest BCUT2D eigenvalue weighted by Crippen LogP contribution is 2.30. The molecule has 1 atom stereocenters. The number of hydrogen-bond donors (Lipinski definition) is 1. The largest absolute Gasteiger partial charge is 0.394 e. The molecule has 2 aliphatic heterocycles. The Bertz CT molecular complexity index is 453. The Morgan fingerprint density at radius 3 is 2.79 bits per heavy atom. The maximum atomic E-state index is 6.30. The van der Waals surface area contributed by atoms with Gasteiger partial charge in [-0.2, -0.15) is 5.10 Å². The maximum absolute atomic E-state index is 6.30. The van der Waals surface area contributed by atoms with Crippen molar-refractivity contribution in [2.75, 3.05) is 36.8 Å². The third-order valence-corrected chi connectivity index (χ3v) is 4.57. The van der Waals surface area contributed by atoms with Gasteiger partial charge < -0.3 is 10.6 Å². The SMILES string of the molecule is CCc1nn(C)c(N2CCCN3CCCC3C2)c1N. The van der Waals surface area contributed by atoms with Gasteiger partial charge in [0, 0.05) is 32.7 Å². The normalized spacial score (nSPS) is 24.5. The predicted octanol–water partition coefficient (Wildman–Crippen LogP) is 1.24. The summed E-state index contributed by atoms with van der Waals surface area (Å²) in [7, 11) is 2.02. The van der Waals surface area contributed by atoms with E-state index in [1.165, 1.54) is 32.4 Å². The Balaban J connectivity index is 1.86. The summed E-state index contributed by atoms with van der Waals surface area (Å²) in [6.45, 7) is 6.83. The number of hydrogen-bond acceptors (Lipinski definition) is 4. The average Bonchev–Trinajstić information content (AvgIpc) is 2.88. The van der Waals surface area contributed by atoms with Crippen molar-refractivity contribution in [3.05, 3.63) is 5.69 Å². The van der Waals surface area contributed by atoms with Gasteiger partial charge in [0.25, 0.3) is 0 Å². The molecule has 0 radical (unpaired) electrons. The van der Waals surface area contributed by atoms with Crippen molar-refractivity contribution in [2.45, 2.75) is 38.6 Å². The van der Waals surface area contributed by atoms with Crippen LogP contribution in [0, 0.1) is 0 Å². The van der Waals surface area contributed by atoms with E-state index in [9.17, 15) is 0 Å². The lowest BCUT2D eigenvalue weighted by Gasteiger charge is -2.27. The zero-order valence-corrected chi connectivity index (χ0v) is 12.1. The van der Waals surface area contributed by atoms with Crippen LogP contribution < -0.4 is 10.6 Å². The third-order valence-electron chi connectivity index (χ3n) is 4.57. The Labute approximate surface area is 115 Å². The molecule has 1 unspecified atom stereocenters. The molecule has 0 bridgehead atoms. The van der Waals surface area contributed by atoms with Crippen molar-refractivity contribution < 1.29 is 0 Å². The van der Waals surface area contributed by atoms with Gasteiger partial charge in [-0.05, 0) is 32.2 Å². The first-order chi connectivity index (χ1) is 9.20. The summed E-state index contributed by atoms with van der Waals surface area (Å²) in [5, 5.41) is 4.56. The van der Waals surface area contributed by atoms with Crippen LogP contribution in [0.5, 0.6) is 0 Å². The summed E-state index contributed by atoms with van der Waals surface area (Å²) < 4.78 is 1.97. The van der Waals surface area contributed by atoms with Crippen LogP contribution in [0.1, 0.15) is 31.9 Å². The molecule has 0 saturated carbocycles. The Hall–Kier alpha value is -1.23. The molecule has 2 fully saturated rings. The lowest BCUT2D eigenvalue weighted by atomic mass is 10.2. The van der Waals surface area contributed by atoms with Gasteiger partial charge in [0.05, 0.1) is 11.4 Å². The zero-order valence-electron chi connectivity index (χ0n) is 12.1. The fourth-order valence-electron chi connectivity index (χ4n) is 3.62. The van der Waals surface area contributed by atoms with E-state index in [-0.39, 0.29) is 0 Å². The first kappa shape index (κ1) is 12.8. The first-order valence-corrected chi connectivity index (χ1v) is 7.51. The lowest BCUT2D eigenvalue weighted by Crippen LogP contribution is -2.37. The minimum absolute atomic E-state index is 0.710. The van der Waals surface area contributed by atoms with Gasteiger partial charge in [-0.25, -0.2) is 0 Å². The number of anilines is 2. The van der Waals surface area contributed by atoms with Crippen molar-refractivity contribution in [1.29, 1.82) is 0 Å². The van der Waals surface area contributed by atoms with Crippen LogP contribution in [-0.2, 0) is 13.5 Å². The molecule has 0 amide bonds. The molecule has 2 N–H and O–H groups in total. The topological polar surface area (TPSA) is 50.3 Å². The highest BCUT2D eigenvalue weighted by Gasteiger charge is 2.30. The Morgan fingerprint density at radius 2 is 2.05 bits per heavy atom. The number of rotatable bonds is 2. The number of aromatic nitrogens is 2. The van der Waals surface area contributed by atoms with Gasteiger partial charge in [0.1, 0.15) is 5.82 Å². The number of nitrogens with zero attached hydrogens (tertiary/aromatic N) is 4. The summed E-state index contributed by atoms with van der Waals surface area (Å²) >= 11 is 0. The van der Waals surface area contributed by atoms with E-state index in [0.717, 1.165) is 36.7 Å². The van der Waals surface area contributed by atoms with Gasteiger partial charge in [0.2, 0.25) is 0 Å². The molecule has 5 heteroatoms. The molecule has 5 nitrogen and oxygen atoms in total. The van der Waals surface area contributed by atoms with Crippen LogP contribution in [0.3, 0.4) is 0 Å². The molecule has 1 aromatic heterocycles. The second-order valence-corrected chi connectivity index (χ2v) is 5.79. The number of aryl methyl sites for hydroxylation is 2. The molecule has 3 rings (SSSR count). The molecular weight excluding hydrogens is 238 g/mol. The molecule has 0 spiro atoms. The Kier molecular flexibility index (Phi) is 3.39. The Morgan fingerprint density at radius 1 is 1.26 bits per heavy atom. The van der Waals surface area contributed by atoms with E-state index in [4.69, 9.17) is 5.73 Å². The van der Waals surface area contributed by atoms with Crippen LogP contribution in [-0.4, -0.2) is 46.9 Å².